The highest BCUT2D eigenvalue weighted by molar-refractivity contribution is 5.98. The predicted molar refractivity (Wildman–Crippen MR) is 108 cm³/mol. The van der Waals surface area contributed by atoms with Crippen molar-refractivity contribution in [2.45, 2.75) is 31.7 Å². The summed E-state index contributed by atoms with van der Waals surface area (Å²) in [6.45, 7) is 4.45. The van der Waals surface area contributed by atoms with Crippen molar-refractivity contribution < 1.29 is 13.9 Å². The number of nitrogens with one attached hydrogen (secondary N) is 1. The van der Waals surface area contributed by atoms with Crippen LogP contribution in [0, 0.1) is 5.82 Å². The van der Waals surface area contributed by atoms with E-state index in [1.807, 2.05) is 47.9 Å². The second-order valence-electron chi connectivity index (χ2n) is 7.42. The molecule has 0 aliphatic carbocycles. The third kappa shape index (κ3) is 3.42. The SMILES string of the molecule is CCn1c(C(=O)NCC2(c3cccc(F)c3)CCOCC2)cc2ccccc21. The molecule has 0 unspecified atom stereocenters. The lowest BCUT2D eigenvalue weighted by Gasteiger charge is -2.38. The van der Waals surface area contributed by atoms with Crippen molar-refractivity contribution in [2.24, 2.45) is 0 Å². The maximum Gasteiger partial charge on any atom is 0.267 e. The number of ether oxygens (including phenoxy) is 1. The number of fused-ring (bicyclic) bond motifs is 1. The Kier molecular flexibility index (Phi) is 5.18. The molecule has 28 heavy (non-hydrogen) atoms. The molecule has 1 aromatic heterocycles. The minimum absolute atomic E-state index is 0.0969. The average molecular weight is 380 g/mol. The van der Waals surface area contributed by atoms with Gasteiger partial charge in [0.05, 0.1) is 0 Å². The van der Waals surface area contributed by atoms with Gasteiger partial charge < -0.3 is 14.6 Å². The van der Waals surface area contributed by atoms with Crippen molar-refractivity contribution in [3.8, 4) is 0 Å². The van der Waals surface area contributed by atoms with Crippen molar-refractivity contribution in [3.05, 3.63) is 71.7 Å². The van der Waals surface area contributed by atoms with Crippen molar-refractivity contribution in [3.63, 3.8) is 0 Å². The molecule has 146 valence electrons. The van der Waals surface area contributed by atoms with Gasteiger partial charge in [0, 0.05) is 42.6 Å². The van der Waals surface area contributed by atoms with Crippen LogP contribution in [0.4, 0.5) is 4.39 Å². The first-order valence-corrected chi connectivity index (χ1v) is 9.83. The number of nitrogens with zero attached hydrogens (tertiary/aromatic N) is 1. The van der Waals surface area contributed by atoms with Crippen molar-refractivity contribution >= 4 is 16.8 Å². The fourth-order valence-electron chi connectivity index (χ4n) is 4.23. The molecule has 1 aliphatic rings. The second kappa shape index (κ2) is 7.76. The highest BCUT2D eigenvalue weighted by atomic mass is 19.1. The summed E-state index contributed by atoms with van der Waals surface area (Å²) in [6.07, 6.45) is 1.51. The lowest BCUT2D eigenvalue weighted by molar-refractivity contribution is 0.0485. The van der Waals surface area contributed by atoms with E-state index in [1.54, 1.807) is 12.1 Å². The highest BCUT2D eigenvalue weighted by Crippen LogP contribution is 2.34. The van der Waals surface area contributed by atoms with Gasteiger partial charge in [0.1, 0.15) is 11.5 Å². The monoisotopic (exact) mass is 380 g/mol. The third-order valence-electron chi connectivity index (χ3n) is 5.83. The van der Waals surface area contributed by atoms with E-state index in [0.717, 1.165) is 35.9 Å². The molecule has 2 aromatic carbocycles. The second-order valence-corrected chi connectivity index (χ2v) is 7.42. The topological polar surface area (TPSA) is 43.3 Å². The van der Waals surface area contributed by atoms with E-state index in [9.17, 15) is 9.18 Å². The third-order valence-corrected chi connectivity index (χ3v) is 5.83. The lowest BCUT2D eigenvalue weighted by Crippen LogP contribution is -2.45. The highest BCUT2D eigenvalue weighted by Gasteiger charge is 2.35. The zero-order valence-corrected chi connectivity index (χ0v) is 16.1. The maximum atomic E-state index is 13.9. The standard InChI is InChI=1S/C23H25FN2O2/c1-2-26-20-9-4-3-6-17(20)14-21(26)22(27)25-16-23(10-12-28-13-11-23)18-7-5-8-19(24)15-18/h3-9,14-15H,2,10-13,16H2,1H3,(H,25,27). The zero-order valence-electron chi connectivity index (χ0n) is 16.1. The number of hydrogen-bond acceptors (Lipinski definition) is 2. The van der Waals surface area contributed by atoms with Gasteiger partial charge in [0.15, 0.2) is 0 Å². The lowest BCUT2D eigenvalue weighted by atomic mass is 9.74. The van der Waals surface area contributed by atoms with Gasteiger partial charge in [0.2, 0.25) is 0 Å². The summed E-state index contributed by atoms with van der Waals surface area (Å²) >= 11 is 0. The summed E-state index contributed by atoms with van der Waals surface area (Å²) in [5, 5.41) is 4.18. The molecule has 4 rings (SSSR count). The smallest absolute Gasteiger partial charge is 0.267 e. The van der Waals surface area contributed by atoms with E-state index in [2.05, 4.69) is 5.32 Å². The van der Waals surface area contributed by atoms with Gasteiger partial charge in [0.25, 0.3) is 5.91 Å². The Labute approximate surface area is 164 Å². The van der Waals surface area contributed by atoms with E-state index in [-0.39, 0.29) is 17.1 Å². The van der Waals surface area contributed by atoms with Crippen molar-refractivity contribution in [1.82, 2.24) is 9.88 Å². The Morgan fingerprint density at radius 1 is 1.14 bits per heavy atom. The van der Waals surface area contributed by atoms with Crippen LogP contribution < -0.4 is 5.32 Å². The Balaban J connectivity index is 1.60. The Bertz CT molecular complexity index is 989. The van der Waals surface area contributed by atoms with E-state index >= 15 is 0 Å². The predicted octanol–water partition coefficient (Wildman–Crippen LogP) is 4.28. The number of amides is 1. The summed E-state index contributed by atoms with van der Waals surface area (Å²) in [6, 6.07) is 16.7. The summed E-state index contributed by atoms with van der Waals surface area (Å²) in [4.78, 5) is 13.0. The molecular weight excluding hydrogens is 355 g/mol. The molecule has 0 spiro atoms. The Morgan fingerprint density at radius 3 is 2.68 bits per heavy atom. The molecule has 1 amide bonds. The molecule has 0 saturated carbocycles. The van der Waals surface area contributed by atoms with Gasteiger partial charge in [-0.05, 0) is 49.6 Å². The van der Waals surface area contributed by atoms with Gasteiger partial charge in [-0.15, -0.1) is 0 Å². The fraction of sp³-hybridized carbons (Fsp3) is 0.348. The van der Waals surface area contributed by atoms with Crippen LogP contribution in [0.3, 0.4) is 0 Å². The summed E-state index contributed by atoms with van der Waals surface area (Å²) in [7, 11) is 0. The van der Waals surface area contributed by atoms with Crippen LogP contribution in [-0.2, 0) is 16.7 Å². The number of aromatic nitrogens is 1. The molecule has 0 bridgehead atoms. The normalized spacial score (nSPS) is 16.2. The van der Waals surface area contributed by atoms with Crippen LogP contribution in [-0.4, -0.2) is 30.2 Å². The number of hydrogen-bond donors (Lipinski definition) is 1. The van der Waals surface area contributed by atoms with Crippen LogP contribution in [0.5, 0.6) is 0 Å². The molecule has 1 aliphatic heterocycles. The van der Waals surface area contributed by atoms with Crippen LogP contribution in [0.25, 0.3) is 10.9 Å². The average Bonchev–Trinajstić information content (AvgIpc) is 3.11. The van der Waals surface area contributed by atoms with E-state index in [0.29, 0.717) is 25.5 Å². The Morgan fingerprint density at radius 2 is 1.93 bits per heavy atom. The van der Waals surface area contributed by atoms with Crippen LogP contribution in [0.1, 0.15) is 35.8 Å². The van der Waals surface area contributed by atoms with Crippen LogP contribution >= 0.6 is 0 Å². The summed E-state index contributed by atoms with van der Waals surface area (Å²) in [5.41, 5.74) is 2.33. The van der Waals surface area contributed by atoms with Gasteiger partial charge >= 0.3 is 0 Å². The molecule has 0 atom stereocenters. The number of aryl methyl sites for hydroxylation is 1. The first-order valence-electron chi connectivity index (χ1n) is 9.83. The van der Waals surface area contributed by atoms with Crippen LogP contribution in [0.15, 0.2) is 54.6 Å². The minimum Gasteiger partial charge on any atom is -0.381 e. The number of benzene rings is 2. The molecule has 2 heterocycles. The molecule has 0 radical (unpaired) electrons. The first-order chi connectivity index (χ1) is 13.6. The number of carbonyl (C=O) groups is 1. The molecule has 5 heteroatoms. The summed E-state index contributed by atoms with van der Waals surface area (Å²) < 4.78 is 21.4. The molecule has 1 N–H and O–H groups in total. The molecule has 1 saturated heterocycles. The van der Waals surface area contributed by atoms with Gasteiger partial charge in [-0.2, -0.15) is 0 Å². The molecular formula is C23H25FN2O2. The molecule has 4 nitrogen and oxygen atoms in total. The largest absolute Gasteiger partial charge is 0.381 e. The first kappa shape index (κ1) is 18.7. The number of halogens is 1. The quantitative estimate of drug-likeness (QED) is 0.718. The van der Waals surface area contributed by atoms with E-state index in [1.165, 1.54) is 6.07 Å². The number of para-hydroxylation sites is 1. The van der Waals surface area contributed by atoms with Crippen molar-refractivity contribution in [2.75, 3.05) is 19.8 Å². The van der Waals surface area contributed by atoms with Gasteiger partial charge in [-0.3, -0.25) is 4.79 Å². The van der Waals surface area contributed by atoms with Crippen LogP contribution in [0.2, 0.25) is 0 Å². The van der Waals surface area contributed by atoms with Gasteiger partial charge in [-0.25, -0.2) is 4.39 Å². The molecule has 3 aromatic rings. The molecule has 1 fully saturated rings. The number of carbonyl (C=O) groups excluding carboxylic acids is 1. The maximum absolute atomic E-state index is 13.9. The van der Waals surface area contributed by atoms with Crippen molar-refractivity contribution in [1.29, 1.82) is 0 Å². The van der Waals surface area contributed by atoms with Gasteiger partial charge in [-0.1, -0.05) is 30.3 Å². The summed E-state index contributed by atoms with van der Waals surface area (Å²) in [5.74, 6) is -0.346. The minimum atomic E-state index is -0.306. The number of rotatable bonds is 5. The van der Waals surface area contributed by atoms with E-state index < -0.39 is 0 Å². The Hall–Kier alpha value is -2.66. The zero-order chi connectivity index (χ0) is 19.6. The fourth-order valence-corrected chi connectivity index (χ4v) is 4.23. The van der Waals surface area contributed by atoms with E-state index in [4.69, 9.17) is 4.74 Å².